The Morgan fingerprint density at radius 2 is 1.71 bits per heavy atom. The molecule has 1 saturated heterocycles. The Hall–Kier alpha value is -3.64. The highest BCUT2D eigenvalue weighted by molar-refractivity contribution is 7.80. The Balaban J connectivity index is 1.68. The van der Waals surface area contributed by atoms with Crippen LogP contribution in [0.15, 0.2) is 91.3 Å². The Bertz CT molecular complexity index is 1220. The van der Waals surface area contributed by atoms with Gasteiger partial charge in [-0.1, -0.05) is 24.3 Å². The molecule has 5 nitrogen and oxygen atoms in total. The first-order valence-electron chi connectivity index (χ1n) is 10.2. The van der Waals surface area contributed by atoms with Crippen LogP contribution in [0.2, 0.25) is 0 Å². The van der Waals surface area contributed by atoms with E-state index in [2.05, 4.69) is 63.2 Å². The van der Waals surface area contributed by atoms with Crippen molar-refractivity contribution in [2.24, 2.45) is 0 Å². The van der Waals surface area contributed by atoms with E-state index in [1.54, 1.807) is 18.3 Å². The molecule has 2 aromatic carbocycles. The van der Waals surface area contributed by atoms with Crippen LogP contribution in [0.5, 0.6) is 5.75 Å². The quantitative estimate of drug-likeness (QED) is 0.447. The van der Waals surface area contributed by atoms with E-state index in [4.69, 9.17) is 12.2 Å². The number of benzene rings is 2. The number of rotatable bonds is 4. The minimum Gasteiger partial charge on any atom is -0.508 e. The smallest absolute Gasteiger partial charge is 0.174 e. The van der Waals surface area contributed by atoms with Gasteiger partial charge in [-0.3, -0.25) is 4.98 Å². The summed E-state index contributed by atoms with van der Waals surface area (Å²) in [6.07, 6.45) is 3.89. The second kappa shape index (κ2) is 7.89. The molecule has 0 saturated carbocycles. The largest absolute Gasteiger partial charge is 0.508 e. The van der Waals surface area contributed by atoms with Crippen molar-refractivity contribution in [3.63, 3.8) is 0 Å². The van der Waals surface area contributed by atoms with Gasteiger partial charge in [0.1, 0.15) is 11.8 Å². The van der Waals surface area contributed by atoms with E-state index < -0.39 is 0 Å². The molecule has 0 spiro atoms. The van der Waals surface area contributed by atoms with E-state index >= 15 is 0 Å². The zero-order chi connectivity index (χ0) is 21.4. The van der Waals surface area contributed by atoms with Crippen molar-refractivity contribution in [1.29, 1.82) is 0 Å². The molecule has 0 aliphatic carbocycles. The Labute approximate surface area is 186 Å². The molecule has 6 heteroatoms. The van der Waals surface area contributed by atoms with Crippen molar-refractivity contribution < 1.29 is 5.11 Å². The van der Waals surface area contributed by atoms with E-state index in [-0.39, 0.29) is 17.8 Å². The summed E-state index contributed by atoms with van der Waals surface area (Å²) in [5.74, 6) is 0.225. The second-order valence-corrected chi connectivity index (χ2v) is 7.99. The van der Waals surface area contributed by atoms with Gasteiger partial charge < -0.3 is 19.9 Å². The van der Waals surface area contributed by atoms with Gasteiger partial charge in [-0.05, 0) is 79.3 Å². The number of thiocarbonyl (C=S) groups is 1. The maximum absolute atomic E-state index is 9.79. The molecular formula is C25H22N4OS. The van der Waals surface area contributed by atoms with Crippen molar-refractivity contribution in [3.8, 4) is 11.4 Å². The van der Waals surface area contributed by atoms with Crippen LogP contribution in [0.3, 0.4) is 0 Å². The first-order chi connectivity index (χ1) is 15.1. The molecule has 2 aromatic heterocycles. The van der Waals surface area contributed by atoms with E-state index in [0.717, 1.165) is 22.8 Å². The van der Waals surface area contributed by atoms with Gasteiger partial charge in [-0.25, -0.2) is 0 Å². The van der Waals surface area contributed by atoms with Crippen LogP contribution in [0.4, 0.5) is 5.69 Å². The second-order valence-electron chi connectivity index (χ2n) is 7.60. The monoisotopic (exact) mass is 426 g/mol. The van der Waals surface area contributed by atoms with Gasteiger partial charge in [0, 0.05) is 29.5 Å². The topological polar surface area (TPSA) is 53.3 Å². The molecule has 0 unspecified atom stereocenters. The zero-order valence-corrected chi connectivity index (χ0v) is 17.8. The average Bonchev–Trinajstić information content (AvgIpc) is 3.39. The van der Waals surface area contributed by atoms with Gasteiger partial charge in [0.05, 0.1) is 11.7 Å². The van der Waals surface area contributed by atoms with Gasteiger partial charge in [-0.15, -0.1) is 0 Å². The number of phenols is 1. The summed E-state index contributed by atoms with van der Waals surface area (Å²) >= 11 is 5.78. The standard InChI is InChI=1S/C25H22N4OS/c1-17-7-2-3-9-21(17)28-16-6-10-22(28)24-23(20-8-4-5-15-26-20)27-25(31)29(24)18-11-13-19(30)14-12-18/h2-16,23-24,30H,1H3,(H,27,31)/t23-,24+/m1/s1. The molecule has 0 amide bonds. The number of para-hydroxylation sites is 1. The van der Waals surface area contributed by atoms with Crippen LogP contribution in [-0.2, 0) is 0 Å². The molecular weight excluding hydrogens is 404 g/mol. The van der Waals surface area contributed by atoms with E-state index in [0.29, 0.717) is 5.11 Å². The summed E-state index contributed by atoms with van der Waals surface area (Å²) in [6.45, 7) is 2.12. The number of hydrogen-bond donors (Lipinski definition) is 2. The molecule has 154 valence electrons. The fourth-order valence-corrected chi connectivity index (χ4v) is 4.58. The molecule has 0 radical (unpaired) electrons. The SMILES string of the molecule is Cc1ccccc1-n1cccc1[C@H]1[C@@H](c2ccccn2)NC(=S)N1c1ccc(O)cc1. The third-order valence-electron chi connectivity index (χ3n) is 5.68. The molecule has 0 bridgehead atoms. The number of aromatic nitrogens is 2. The van der Waals surface area contributed by atoms with Crippen LogP contribution >= 0.6 is 12.2 Å². The molecule has 1 aliphatic heterocycles. The average molecular weight is 427 g/mol. The van der Waals surface area contributed by atoms with Gasteiger partial charge in [-0.2, -0.15) is 0 Å². The third-order valence-corrected chi connectivity index (χ3v) is 6.00. The predicted octanol–water partition coefficient (Wildman–Crippen LogP) is 5.06. The Morgan fingerprint density at radius 3 is 2.45 bits per heavy atom. The summed E-state index contributed by atoms with van der Waals surface area (Å²) in [5.41, 5.74) is 5.26. The molecule has 31 heavy (non-hydrogen) atoms. The Kier molecular flexibility index (Phi) is 4.92. The summed E-state index contributed by atoms with van der Waals surface area (Å²) in [6, 6.07) is 25.4. The maximum Gasteiger partial charge on any atom is 0.174 e. The summed E-state index contributed by atoms with van der Waals surface area (Å²) < 4.78 is 2.22. The first kappa shape index (κ1) is 19.3. The molecule has 1 aliphatic rings. The van der Waals surface area contributed by atoms with Gasteiger partial charge in [0.25, 0.3) is 0 Å². The van der Waals surface area contributed by atoms with Gasteiger partial charge in [0.15, 0.2) is 5.11 Å². The van der Waals surface area contributed by atoms with Crippen molar-refractivity contribution in [2.75, 3.05) is 4.90 Å². The molecule has 2 atom stereocenters. The van der Waals surface area contributed by atoms with Crippen molar-refractivity contribution in [1.82, 2.24) is 14.9 Å². The number of pyridine rings is 1. The lowest BCUT2D eigenvalue weighted by molar-refractivity contribution is 0.475. The minimum atomic E-state index is -0.125. The van der Waals surface area contributed by atoms with Gasteiger partial charge >= 0.3 is 0 Å². The highest BCUT2D eigenvalue weighted by Crippen LogP contribution is 2.42. The predicted molar refractivity (Wildman–Crippen MR) is 127 cm³/mol. The summed E-state index contributed by atoms with van der Waals surface area (Å²) in [4.78, 5) is 6.73. The minimum absolute atomic E-state index is 0.124. The highest BCUT2D eigenvalue weighted by Gasteiger charge is 2.42. The van der Waals surface area contributed by atoms with Crippen LogP contribution in [0.25, 0.3) is 5.69 Å². The molecule has 3 heterocycles. The number of aromatic hydroxyl groups is 1. The number of phenolic OH excluding ortho intramolecular Hbond substituents is 1. The molecule has 2 N–H and O–H groups in total. The lowest BCUT2D eigenvalue weighted by atomic mass is 10.0. The zero-order valence-electron chi connectivity index (χ0n) is 17.0. The highest BCUT2D eigenvalue weighted by atomic mass is 32.1. The number of hydrogen-bond acceptors (Lipinski definition) is 3. The number of anilines is 1. The van der Waals surface area contributed by atoms with E-state index in [1.165, 1.54) is 5.56 Å². The fraction of sp³-hybridized carbons (Fsp3) is 0.120. The first-order valence-corrected chi connectivity index (χ1v) is 10.6. The number of nitrogens with one attached hydrogen (secondary N) is 1. The summed E-state index contributed by atoms with van der Waals surface area (Å²) in [7, 11) is 0. The number of aryl methyl sites for hydroxylation is 1. The Morgan fingerprint density at radius 1 is 0.935 bits per heavy atom. The maximum atomic E-state index is 9.79. The summed E-state index contributed by atoms with van der Waals surface area (Å²) in [5, 5.41) is 13.9. The van der Waals surface area contributed by atoms with Crippen molar-refractivity contribution >= 4 is 23.0 Å². The third kappa shape index (κ3) is 3.45. The lowest BCUT2D eigenvalue weighted by Gasteiger charge is -2.29. The fourth-order valence-electron chi connectivity index (χ4n) is 4.23. The molecule has 1 fully saturated rings. The van der Waals surface area contributed by atoms with Crippen molar-refractivity contribution in [2.45, 2.75) is 19.0 Å². The van der Waals surface area contributed by atoms with E-state index in [1.807, 2.05) is 36.4 Å². The molecule has 5 rings (SSSR count). The van der Waals surface area contributed by atoms with E-state index in [9.17, 15) is 5.11 Å². The normalized spacial score (nSPS) is 18.2. The van der Waals surface area contributed by atoms with Crippen LogP contribution < -0.4 is 10.2 Å². The van der Waals surface area contributed by atoms with Crippen LogP contribution in [-0.4, -0.2) is 19.8 Å². The van der Waals surface area contributed by atoms with Gasteiger partial charge in [0.2, 0.25) is 0 Å². The van der Waals surface area contributed by atoms with Crippen molar-refractivity contribution in [3.05, 3.63) is 108 Å². The lowest BCUT2D eigenvalue weighted by Crippen LogP contribution is -2.30. The van der Waals surface area contributed by atoms with Crippen LogP contribution in [0, 0.1) is 6.92 Å². The number of nitrogens with zero attached hydrogens (tertiary/aromatic N) is 3. The molecule has 4 aromatic rings. The van der Waals surface area contributed by atoms with Crippen LogP contribution in [0.1, 0.15) is 29.0 Å².